The van der Waals surface area contributed by atoms with E-state index < -0.39 is 0 Å². The van der Waals surface area contributed by atoms with Crippen molar-refractivity contribution in [3.8, 4) is 17.1 Å². The van der Waals surface area contributed by atoms with E-state index >= 15 is 0 Å². The Morgan fingerprint density at radius 1 is 0.763 bits per heavy atom. The molecule has 0 aliphatic carbocycles. The summed E-state index contributed by atoms with van der Waals surface area (Å²) in [5.74, 6) is 2.03. The van der Waals surface area contributed by atoms with E-state index in [0.717, 1.165) is 44.4 Å². The van der Waals surface area contributed by atoms with Gasteiger partial charge in [-0.1, -0.05) is 95.0 Å². The zero-order chi connectivity index (χ0) is 25.8. The number of furan rings is 1. The molecule has 0 fully saturated rings. The summed E-state index contributed by atoms with van der Waals surface area (Å²) in [6, 6.07) is 29.1. The van der Waals surface area contributed by atoms with Crippen LogP contribution in [0, 0.1) is 6.07 Å². The topological polar surface area (TPSA) is 31.0 Å². The van der Waals surface area contributed by atoms with E-state index in [1.54, 1.807) is 0 Å². The minimum Gasteiger partial charge on any atom is -0.501 e. The third kappa shape index (κ3) is 4.21. The zero-order valence-corrected chi connectivity index (χ0v) is 25.2. The Bertz CT molecular complexity index is 1740. The molecule has 195 valence electrons. The maximum atomic E-state index is 6.45. The molecule has 0 bridgehead atoms. The Labute approximate surface area is 238 Å². The van der Waals surface area contributed by atoms with Gasteiger partial charge in [-0.05, 0) is 52.6 Å². The molecule has 4 aromatic carbocycles. The van der Waals surface area contributed by atoms with Crippen molar-refractivity contribution in [1.82, 2.24) is 9.55 Å². The third-order valence-electron chi connectivity index (χ3n) is 7.45. The van der Waals surface area contributed by atoms with E-state index in [9.17, 15) is 0 Å². The van der Waals surface area contributed by atoms with Gasteiger partial charge in [-0.3, -0.25) is 4.98 Å². The molecule has 0 aliphatic rings. The number of hydrogen-bond donors (Lipinski definition) is 0. The Kier molecular flexibility index (Phi) is 7.07. The fraction of sp³-hybridized carbons (Fsp3) is 0.265. The van der Waals surface area contributed by atoms with Crippen LogP contribution in [0.4, 0.5) is 0 Å². The summed E-state index contributed by atoms with van der Waals surface area (Å²) in [4.78, 5) is 5.21. The minimum atomic E-state index is 0. The van der Waals surface area contributed by atoms with Gasteiger partial charge >= 0.3 is 0 Å². The number of fused-ring (bicyclic) bond motifs is 4. The molecule has 0 spiro atoms. The van der Waals surface area contributed by atoms with Crippen molar-refractivity contribution in [2.45, 2.75) is 59.3 Å². The normalized spacial score (nSPS) is 11.9. The standard InChI is InChI=1S/C34H33N2O.Ir/c1-20(2)23-18-27(21(3)4)32(28(19-23)22(5)6)36-30-16-9-8-15-29(30)35-34(36)26-14-11-13-25-24-12-7-10-17-31(24)37-33(25)26;/h7-13,15-22H,1-6H3;/q-1;. The van der Waals surface area contributed by atoms with Crippen LogP contribution in [0.15, 0.2) is 77.2 Å². The molecule has 4 heteroatoms. The van der Waals surface area contributed by atoms with Crippen molar-refractivity contribution in [3.63, 3.8) is 0 Å². The second-order valence-corrected chi connectivity index (χ2v) is 11.0. The van der Waals surface area contributed by atoms with Crippen molar-refractivity contribution < 1.29 is 24.5 Å². The van der Waals surface area contributed by atoms with Crippen LogP contribution in [0.25, 0.3) is 50.0 Å². The van der Waals surface area contributed by atoms with Crippen LogP contribution in [0.5, 0.6) is 0 Å². The van der Waals surface area contributed by atoms with Crippen LogP contribution >= 0.6 is 0 Å². The number of rotatable bonds is 5. The minimum absolute atomic E-state index is 0. The predicted octanol–water partition coefficient (Wildman–Crippen LogP) is 9.76. The van der Waals surface area contributed by atoms with Crippen molar-refractivity contribution in [1.29, 1.82) is 0 Å². The van der Waals surface area contributed by atoms with Gasteiger partial charge < -0.3 is 8.98 Å². The summed E-state index contributed by atoms with van der Waals surface area (Å²) in [6.07, 6.45) is 0. The maximum absolute atomic E-state index is 6.45. The van der Waals surface area contributed by atoms with Gasteiger partial charge in [-0.25, -0.2) is 0 Å². The summed E-state index contributed by atoms with van der Waals surface area (Å²) < 4.78 is 8.81. The summed E-state index contributed by atoms with van der Waals surface area (Å²) in [5, 5.41) is 2.20. The van der Waals surface area contributed by atoms with Crippen LogP contribution in [-0.4, -0.2) is 9.55 Å². The average molecular weight is 678 g/mol. The van der Waals surface area contributed by atoms with E-state index in [2.05, 4.69) is 107 Å². The van der Waals surface area contributed by atoms with E-state index in [1.807, 2.05) is 18.2 Å². The largest absolute Gasteiger partial charge is 0.501 e. The Morgan fingerprint density at radius 2 is 1.42 bits per heavy atom. The van der Waals surface area contributed by atoms with Crippen LogP contribution in [0.1, 0.15) is 76.0 Å². The first-order valence-corrected chi connectivity index (χ1v) is 13.3. The number of aromatic nitrogens is 2. The first-order valence-electron chi connectivity index (χ1n) is 13.3. The summed E-state index contributed by atoms with van der Waals surface area (Å²) in [7, 11) is 0. The molecule has 0 saturated carbocycles. The monoisotopic (exact) mass is 678 g/mol. The summed E-state index contributed by atoms with van der Waals surface area (Å²) in [5.41, 5.74) is 9.97. The second-order valence-electron chi connectivity index (χ2n) is 11.0. The van der Waals surface area contributed by atoms with Gasteiger partial charge in [0.1, 0.15) is 5.58 Å². The van der Waals surface area contributed by atoms with E-state index in [4.69, 9.17) is 9.40 Å². The maximum Gasteiger partial charge on any atom is 0.120 e. The van der Waals surface area contributed by atoms with E-state index in [1.165, 1.54) is 22.4 Å². The molecule has 3 nitrogen and oxygen atoms in total. The zero-order valence-electron chi connectivity index (χ0n) is 22.8. The first-order chi connectivity index (χ1) is 17.8. The van der Waals surface area contributed by atoms with Crippen LogP contribution < -0.4 is 0 Å². The van der Waals surface area contributed by atoms with Crippen LogP contribution in [-0.2, 0) is 20.1 Å². The van der Waals surface area contributed by atoms with Crippen LogP contribution in [0.2, 0.25) is 0 Å². The molecule has 0 N–H and O–H groups in total. The van der Waals surface area contributed by atoms with E-state index in [-0.39, 0.29) is 20.1 Å². The molecule has 0 amide bonds. The molecule has 2 aromatic heterocycles. The fourth-order valence-corrected chi connectivity index (χ4v) is 5.45. The average Bonchev–Trinajstić information content (AvgIpc) is 3.46. The van der Waals surface area contributed by atoms with Gasteiger partial charge in [0.25, 0.3) is 0 Å². The smallest absolute Gasteiger partial charge is 0.120 e. The number of imidazole rings is 1. The molecule has 6 rings (SSSR count). The first kappa shape index (κ1) is 26.4. The summed E-state index contributed by atoms with van der Waals surface area (Å²) in [6.45, 7) is 13.7. The van der Waals surface area contributed by atoms with Crippen LogP contribution in [0.3, 0.4) is 0 Å². The molecule has 0 aliphatic heterocycles. The molecular weight excluding hydrogens is 645 g/mol. The fourth-order valence-electron chi connectivity index (χ4n) is 5.45. The number of hydrogen-bond acceptors (Lipinski definition) is 2. The van der Waals surface area contributed by atoms with Crippen molar-refractivity contribution in [3.05, 3.63) is 95.6 Å². The SMILES string of the molecule is CC(C)c1cc(C(C)C)c(-n2c(-c3[c-]ccc4c3oc3ccccc34)nc3ccccc32)c(C(C)C)c1.[Ir]. The molecule has 0 atom stereocenters. The molecule has 0 unspecified atom stereocenters. The molecule has 0 saturated heterocycles. The Hall–Kier alpha value is -3.20. The second kappa shape index (κ2) is 10.2. The van der Waals surface area contributed by atoms with Gasteiger partial charge in [-0.15, -0.1) is 18.2 Å². The third-order valence-corrected chi connectivity index (χ3v) is 7.45. The van der Waals surface area contributed by atoms with Crippen molar-refractivity contribution in [2.75, 3.05) is 0 Å². The molecule has 6 aromatic rings. The van der Waals surface area contributed by atoms with Gasteiger partial charge in [-0.2, -0.15) is 0 Å². The van der Waals surface area contributed by atoms with Gasteiger partial charge in [0, 0.05) is 31.2 Å². The molecule has 1 radical (unpaired) electrons. The molecule has 2 heterocycles. The van der Waals surface area contributed by atoms with Gasteiger partial charge in [0.15, 0.2) is 0 Å². The van der Waals surface area contributed by atoms with Crippen molar-refractivity contribution >= 4 is 33.0 Å². The summed E-state index contributed by atoms with van der Waals surface area (Å²) >= 11 is 0. The Balaban J connectivity index is 0.00000294. The van der Waals surface area contributed by atoms with Gasteiger partial charge in [0.05, 0.1) is 22.4 Å². The number of benzene rings is 4. The van der Waals surface area contributed by atoms with Gasteiger partial charge in [0.2, 0.25) is 0 Å². The molecular formula is C34H33IrN2O-. The Morgan fingerprint density at radius 3 is 2.11 bits per heavy atom. The number of nitrogens with zero attached hydrogens (tertiary/aromatic N) is 2. The number of para-hydroxylation sites is 3. The van der Waals surface area contributed by atoms with Crippen molar-refractivity contribution in [2.24, 2.45) is 0 Å². The molecule has 38 heavy (non-hydrogen) atoms. The predicted molar refractivity (Wildman–Crippen MR) is 155 cm³/mol. The quantitative estimate of drug-likeness (QED) is 0.170. The van der Waals surface area contributed by atoms with E-state index in [0.29, 0.717) is 17.8 Å².